The summed E-state index contributed by atoms with van der Waals surface area (Å²) in [6, 6.07) is 8.85. The van der Waals surface area contributed by atoms with Crippen LogP contribution in [-0.4, -0.2) is 77.5 Å². The van der Waals surface area contributed by atoms with Crippen LogP contribution in [0.25, 0.3) is 0 Å². The van der Waals surface area contributed by atoms with E-state index in [9.17, 15) is 28.8 Å². The van der Waals surface area contributed by atoms with Crippen molar-refractivity contribution in [1.82, 2.24) is 0 Å². The van der Waals surface area contributed by atoms with Crippen LogP contribution >= 0.6 is 0 Å². The van der Waals surface area contributed by atoms with Crippen molar-refractivity contribution >= 4 is 35.8 Å². The Morgan fingerprint density at radius 2 is 0.868 bits per heavy atom. The average molecular weight is 541 g/mol. The minimum Gasteiger partial charge on any atom is -0.458 e. The van der Waals surface area contributed by atoms with E-state index in [1.165, 1.54) is 20.8 Å². The second kappa shape index (κ2) is 15.3. The van der Waals surface area contributed by atoms with E-state index in [1.807, 2.05) is 0 Å². The maximum Gasteiger partial charge on any atom is 0.347 e. The lowest BCUT2D eigenvalue weighted by Crippen LogP contribution is -2.38. The highest BCUT2D eigenvalue weighted by atomic mass is 16.6. The molecule has 0 saturated carbocycles. The minimum atomic E-state index is -1.50. The Bertz CT molecular complexity index is 988. The Kier molecular flexibility index (Phi) is 12.9. The number of aliphatic hydroxyl groups is 1. The van der Waals surface area contributed by atoms with Crippen LogP contribution in [-0.2, 0) is 63.8 Å². The zero-order valence-electron chi connectivity index (χ0n) is 21.9. The Morgan fingerprint density at radius 3 is 1.21 bits per heavy atom. The van der Waals surface area contributed by atoms with Gasteiger partial charge in [-0.15, -0.1) is 0 Å². The Hall–Kier alpha value is -4.00. The Labute approximate surface area is 219 Å². The van der Waals surface area contributed by atoms with Gasteiger partial charge in [0.05, 0.1) is 0 Å². The topological polar surface area (TPSA) is 178 Å². The van der Waals surface area contributed by atoms with E-state index >= 15 is 0 Å². The highest BCUT2D eigenvalue weighted by molar-refractivity contribution is 5.86. The average Bonchev–Trinajstić information content (AvgIpc) is 2.87. The number of hydrogen-bond acceptors (Lipinski definition) is 13. The number of ether oxygens (including phenoxy) is 6. The molecule has 13 nitrogen and oxygen atoms in total. The van der Waals surface area contributed by atoms with E-state index in [0.717, 1.165) is 26.3 Å². The van der Waals surface area contributed by atoms with Gasteiger partial charge in [-0.2, -0.15) is 0 Å². The molecule has 0 fully saturated rings. The van der Waals surface area contributed by atoms with Gasteiger partial charge in [-0.3, -0.25) is 0 Å². The fraction of sp³-hybridized carbons (Fsp3) is 0.520. The number of carbonyl (C=O) groups is 6. The molecule has 0 aliphatic carbocycles. The van der Waals surface area contributed by atoms with Gasteiger partial charge < -0.3 is 33.5 Å². The molecule has 0 unspecified atom stereocenters. The number of aliphatic hydroxyl groups excluding tert-OH is 1. The molecule has 0 saturated heterocycles. The third-order valence-electron chi connectivity index (χ3n) is 4.69. The molecule has 6 atom stereocenters. The third kappa shape index (κ3) is 10.9. The molecule has 0 radical (unpaired) electrons. The maximum absolute atomic E-state index is 12.2. The third-order valence-corrected chi connectivity index (χ3v) is 4.69. The van der Waals surface area contributed by atoms with Gasteiger partial charge in [-0.1, -0.05) is 30.3 Å². The van der Waals surface area contributed by atoms with Crippen LogP contribution in [0.3, 0.4) is 0 Å². The number of rotatable bonds is 13. The van der Waals surface area contributed by atoms with E-state index in [4.69, 9.17) is 28.8 Å². The second-order valence-corrected chi connectivity index (χ2v) is 8.16. The summed E-state index contributed by atoms with van der Waals surface area (Å²) in [5.41, 5.74) is 0.739. The molecule has 0 bridgehead atoms. The molecular weight excluding hydrogens is 508 g/mol. The first-order valence-electron chi connectivity index (χ1n) is 11.6. The highest BCUT2D eigenvalue weighted by Crippen LogP contribution is 2.09. The first kappa shape index (κ1) is 32.0. The number of esters is 6. The highest BCUT2D eigenvalue weighted by Gasteiger charge is 2.31. The van der Waals surface area contributed by atoms with Gasteiger partial charge in [0.25, 0.3) is 0 Å². The largest absolute Gasteiger partial charge is 0.458 e. The van der Waals surface area contributed by atoms with Crippen LogP contribution < -0.4 is 0 Å². The van der Waals surface area contributed by atoms with Crippen molar-refractivity contribution in [2.45, 2.75) is 84.8 Å². The van der Waals surface area contributed by atoms with Gasteiger partial charge in [-0.25, -0.2) is 28.8 Å². The van der Waals surface area contributed by atoms with Gasteiger partial charge in [0.1, 0.15) is 12.7 Å². The van der Waals surface area contributed by atoms with Crippen LogP contribution in [0.4, 0.5) is 0 Å². The monoisotopic (exact) mass is 540 g/mol. The fourth-order valence-corrected chi connectivity index (χ4v) is 2.44. The van der Waals surface area contributed by atoms with Crippen LogP contribution in [0.5, 0.6) is 0 Å². The van der Waals surface area contributed by atoms with Crippen molar-refractivity contribution < 1.29 is 62.3 Å². The number of benzene rings is 1. The Morgan fingerprint density at radius 1 is 0.553 bits per heavy atom. The van der Waals surface area contributed by atoms with Gasteiger partial charge in [0.15, 0.2) is 30.5 Å². The quantitative estimate of drug-likeness (QED) is 0.274. The molecule has 0 spiro atoms. The van der Waals surface area contributed by atoms with Crippen molar-refractivity contribution in [3.8, 4) is 0 Å². The molecule has 1 rings (SSSR count). The predicted molar refractivity (Wildman–Crippen MR) is 126 cm³/mol. The summed E-state index contributed by atoms with van der Waals surface area (Å²) < 4.78 is 29.3. The summed E-state index contributed by atoms with van der Waals surface area (Å²) in [6.45, 7) is 7.09. The Balaban J connectivity index is 2.48. The lowest BCUT2D eigenvalue weighted by Gasteiger charge is -2.20. The molecule has 13 heteroatoms. The summed E-state index contributed by atoms with van der Waals surface area (Å²) >= 11 is 0. The van der Waals surface area contributed by atoms with Crippen LogP contribution in [0.2, 0.25) is 0 Å². The van der Waals surface area contributed by atoms with Gasteiger partial charge in [0, 0.05) is 0 Å². The summed E-state index contributed by atoms with van der Waals surface area (Å²) in [5.74, 6) is -6.23. The van der Waals surface area contributed by atoms with Crippen molar-refractivity contribution in [2.24, 2.45) is 0 Å². The predicted octanol–water partition coefficient (Wildman–Crippen LogP) is 0.769. The molecule has 1 aromatic carbocycles. The smallest absolute Gasteiger partial charge is 0.347 e. The molecule has 1 N–H and O–H groups in total. The molecule has 0 heterocycles. The van der Waals surface area contributed by atoms with Crippen LogP contribution in [0, 0.1) is 0 Å². The first-order chi connectivity index (χ1) is 17.7. The zero-order chi connectivity index (χ0) is 29.0. The standard InChI is InChI=1S/C25H32O13/c1-13(26)20(27)34-15(3)22(29)36-17(5)24(31)38-18(6)25(32)37-16(4)23(30)35-14(2)21(28)33-12-19-10-8-7-9-11-19/h7-11,13-18,26H,12H2,1-6H3/t13-,14-,15-,16-,17-,18-/m0/s1. The van der Waals surface area contributed by atoms with E-state index in [1.54, 1.807) is 30.3 Å². The van der Waals surface area contributed by atoms with Crippen molar-refractivity contribution in [1.29, 1.82) is 0 Å². The molecule has 1 aromatic rings. The van der Waals surface area contributed by atoms with Gasteiger partial charge in [0.2, 0.25) is 0 Å². The maximum atomic E-state index is 12.2. The van der Waals surface area contributed by atoms with E-state index in [0.29, 0.717) is 0 Å². The molecule has 0 aliphatic rings. The van der Waals surface area contributed by atoms with Crippen molar-refractivity contribution in [3.63, 3.8) is 0 Å². The molecule has 38 heavy (non-hydrogen) atoms. The lowest BCUT2D eigenvalue weighted by molar-refractivity contribution is -0.187. The fourth-order valence-electron chi connectivity index (χ4n) is 2.44. The number of carbonyl (C=O) groups excluding carboxylic acids is 6. The van der Waals surface area contributed by atoms with Gasteiger partial charge >= 0.3 is 35.8 Å². The normalized spacial score (nSPS) is 15.3. The SMILES string of the molecule is C[C@H](O)C(=O)O[C@@H](C)C(=O)O[C@@H](C)C(=O)O[C@@H](C)C(=O)O[C@@H](C)C(=O)O[C@@H](C)C(=O)OCc1ccccc1. The molecule has 210 valence electrons. The summed E-state index contributed by atoms with van der Waals surface area (Å²) in [4.78, 5) is 71.9. The number of hydrogen-bond donors (Lipinski definition) is 1. The zero-order valence-corrected chi connectivity index (χ0v) is 21.9. The first-order valence-corrected chi connectivity index (χ1v) is 11.6. The van der Waals surface area contributed by atoms with E-state index < -0.39 is 72.4 Å². The molecule has 0 aromatic heterocycles. The van der Waals surface area contributed by atoms with E-state index in [2.05, 4.69) is 4.74 Å². The van der Waals surface area contributed by atoms with E-state index in [-0.39, 0.29) is 6.61 Å². The van der Waals surface area contributed by atoms with Gasteiger partial charge in [-0.05, 0) is 47.1 Å². The molecule has 0 aliphatic heterocycles. The van der Waals surface area contributed by atoms with Crippen LogP contribution in [0.1, 0.15) is 47.1 Å². The summed E-state index contributed by atoms with van der Waals surface area (Å²) in [7, 11) is 0. The molecule has 0 amide bonds. The second-order valence-electron chi connectivity index (χ2n) is 8.16. The summed E-state index contributed by atoms with van der Waals surface area (Å²) in [5, 5.41) is 9.10. The summed E-state index contributed by atoms with van der Waals surface area (Å²) in [6.07, 6.45) is -8.60. The van der Waals surface area contributed by atoms with Crippen molar-refractivity contribution in [2.75, 3.05) is 0 Å². The minimum absolute atomic E-state index is 0.0192. The van der Waals surface area contributed by atoms with Crippen molar-refractivity contribution in [3.05, 3.63) is 35.9 Å². The lowest BCUT2D eigenvalue weighted by atomic mass is 10.2. The van der Waals surface area contributed by atoms with Crippen LogP contribution in [0.15, 0.2) is 30.3 Å². The molecular formula is C25H32O13.